The van der Waals surface area contributed by atoms with Gasteiger partial charge in [-0.05, 0) is 24.3 Å². The molecular formula is C21H22N4O4. The maximum atomic E-state index is 12.7. The number of para-hydroxylation sites is 1. The van der Waals surface area contributed by atoms with Crippen molar-refractivity contribution < 1.29 is 18.8 Å². The number of pyridine rings is 1. The average Bonchev–Trinajstić information content (AvgIpc) is 3.23. The molecule has 2 heterocycles. The minimum Gasteiger partial charge on any atom is -0.463 e. The van der Waals surface area contributed by atoms with Crippen LogP contribution in [0, 0.1) is 5.41 Å². The van der Waals surface area contributed by atoms with Crippen LogP contribution >= 0.6 is 0 Å². The maximum Gasteiger partial charge on any atom is 0.270 e. The highest BCUT2D eigenvalue weighted by atomic mass is 16.3. The van der Waals surface area contributed by atoms with Crippen molar-refractivity contribution in [1.82, 2.24) is 21.2 Å². The smallest absolute Gasteiger partial charge is 0.270 e. The van der Waals surface area contributed by atoms with Crippen LogP contribution in [0.15, 0.2) is 53.1 Å². The number of hydrazine groups is 1. The number of benzene rings is 1. The Morgan fingerprint density at radius 3 is 2.48 bits per heavy atom. The van der Waals surface area contributed by atoms with Crippen LogP contribution in [-0.4, -0.2) is 29.3 Å². The van der Waals surface area contributed by atoms with Gasteiger partial charge in [-0.15, -0.1) is 0 Å². The molecule has 0 radical (unpaired) electrons. The van der Waals surface area contributed by atoms with Crippen LogP contribution in [-0.2, 0) is 9.59 Å². The van der Waals surface area contributed by atoms with Crippen molar-refractivity contribution in [3.05, 3.63) is 54.3 Å². The van der Waals surface area contributed by atoms with Gasteiger partial charge in [0, 0.05) is 10.8 Å². The lowest BCUT2D eigenvalue weighted by Gasteiger charge is -2.17. The highest BCUT2D eigenvalue weighted by molar-refractivity contribution is 6.07. The first-order valence-electron chi connectivity index (χ1n) is 9.07. The first kappa shape index (κ1) is 20.1. The third-order valence-electron chi connectivity index (χ3n) is 4.14. The fourth-order valence-corrected chi connectivity index (χ4v) is 2.58. The van der Waals surface area contributed by atoms with Crippen molar-refractivity contribution >= 4 is 28.6 Å². The molecule has 0 aliphatic rings. The van der Waals surface area contributed by atoms with Crippen LogP contribution in [0.1, 0.15) is 31.1 Å². The summed E-state index contributed by atoms with van der Waals surface area (Å²) in [4.78, 5) is 41.0. The number of carbonyl (C=O) groups is 3. The molecule has 0 aliphatic carbocycles. The van der Waals surface area contributed by atoms with Crippen molar-refractivity contribution in [3.8, 4) is 11.5 Å². The number of amides is 3. The lowest BCUT2D eigenvalue weighted by molar-refractivity contribution is -0.131. The number of furan rings is 1. The first-order valence-corrected chi connectivity index (χ1v) is 9.07. The van der Waals surface area contributed by atoms with Crippen LogP contribution in [0.4, 0.5) is 0 Å². The fraction of sp³-hybridized carbons (Fsp3) is 0.238. The maximum absolute atomic E-state index is 12.7. The summed E-state index contributed by atoms with van der Waals surface area (Å²) in [6.07, 6.45) is 1.53. The Kier molecular flexibility index (Phi) is 5.63. The van der Waals surface area contributed by atoms with E-state index in [-0.39, 0.29) is 12.5 Å². The molecule has 0 atom stereocenters. The largest absolute Gasteiger partial charge is 0.463 e. The summed E-state index contributed by atoms with van der Waals surface area (Å²) >= 11 is 0. The Hall–Kier alpha value is -3.68. The summed E-state index contributed by atoms with van der Waals surface area (Å²) in [7, 11) is 0. The quantitative estimate of drug-likeness (QED) is 0.588. The number of fused-ring (bicyclic) bond motifs is 1. The fourth-order valence-electron chi connectivity index (χ4n) is 2.58. The highest BCUT2D eigenvalue weighted by Gasteiger charge is 2.21. The van der Waals surface area contributed by atoms with E-state index >= 15 is 0 Å². The molecule has 150 valence electrons. The van der Waals surface area contributed by atoms with Crippen LogP contribution in [0.5, 0.6) is 0 Å². The summed E-state index contributed by atoms with van der Waals surface area (Å²) in [5.74, 6) is -0.784. The lowest BCUT2D eigenvalue weighted by atomic mass is 9.96. The molecule has 8 nitrogen and oxygen atoms in total. The minimum absolute atomic E-state index is 0.245. The number of nitrogens with one attached hydrogen (secondary N) is 3. The molecule has 2 aromatic heterocycles. The monoisotopic (exact) mass is 394 g/mol. The lowest BCUT2D eigenvalue weighted by Crippen LogP contribution is -2.47. The van der Waals surface area contributed by atoms with E-state index in [9.17, 15) is 14.4 Å². The van der Waals surface area contributed by atoms with Crippen LogP contribution in [0.2, 0.25) is 0 Å². The molecule has 0 aliphatic heterocycles. The third kappa shape index (κ3) is 4.78. The van der Waals surface area contributed by atoms with Gasteiger partial charge in [0.1, 0.15) is 5.69 Å². The van der Waals surface area contributed by atoms with Gasteiger partial charge in [-0.2, -0.15) is 0 Å². The van der Waals surface area contributed by atoms with Gasteiger partial charge in [-0.1, -0.05) is 39.0 Å². The Morgan fingerprint density at radius 2 is 1.79 bits per heavy atom. The molecule has 0 unspecified atom stereocenters. The van der Waals surface area contributed by atoms with Gasteiger partial charge >= 0.3 is 0 Å². The number of hydrogen-bond acceptors (Lipinski definition) is 5. The summed E-state index contributed by atoms with van der Waals surface area (Å²) in [5, 5.41) is 3.15. The number of rotatable bonds is 4. The van der Waals surface area contributed by atoms with Gasteiger partial charge in [-0.3, -0.25) is 25.2 Å². The van der Waals surface area contributed by atoms with Gasteiger partial charge in [0.05, 0.1) is 23.9 Å². The van der Waals surface area contributed by atoms with E-state index in [0.717, 1.165) is 0 Å². The molecule has 3 N–H and O–H groups in total. The molecule has 0 saturated heterocycles. The average molecular weight is 394 g/mol. The Labute approximate surface area is 167 Å². The van der Waals surface area contributed by atoms with Crippen molar-refractivity contribution in [2.75, 3.05) is 6.54 Å². The van der Waals surface area contributed by atoms with Crippen molar-refractivity contribution in [3.63, 3.8) is 0 Å². The minimum atomic E-state index is -0.609. The molecule has 3 aromatic rings. The number of aromatic nitrogens is 1. The molecule has 0 bridgehead atoms. The summed E-state index contributed by atoms with van der Waals surface area (Å²) in [6, 6.07) is 12.3. The standard InChI is InChI=1S/C21H22N4O4/c1-21(2,3)20(28)22-12-18(26)24-25-19(27)14-11-16(17-9-6-10-29-17)23-15-8-5-4-7-13(14)15/h4-11H,12H2,1-3H3,(H,22,28)(H,24,26)(H,25,27). The molecule has 0 saturated carbocycles. The normalized spacial score (nSPS) is 11.1. The Balaban J connectivity index is 1.73. The van der Waals surface area contributed by atoms with Gasteiger partial charge in [0.2, 0.25) is 5.91 Å². The van der Waals surface area contributed by atoms with Crippen molar-refractivity contribution in [2.45, 2.75) is 20.8 Å². The van der Waals surface area contributed by atoms with Crippen molar-refractivity contribution in [2.24, 2.45) is 5.41 Å². The van der Waals surface area contributed by atoms with E-state index in [2.05, 4.69) is 21.2 Å². The predicted molar refractivity (Wildman–Crippen MR) is 108 cm³/mol. The second-order valence-electron chi connectivity index (χ2n) is 7.48. The Bertz CT molecular complexity index is 1050. The van der Waals surface area contributed by atoms with E-state index in [4.69, 9.17) is 4.42 Å². The van der Waals surface area contributed by atoms with Gasteiger partial charge < -0.3 is 9.73 Å². The number of hydrogen-bond donors (Lipinski definition) is 3. The van der Waals surface area contributed by atoms with Gasteiger partial charge in [0.15, 0.2) is 5.76 Å². The van der Waals surface area contributed by atoms with Gasteiger partial charge in [0.25, 0.3) is 11.8 Å². The molecule has 1 aromatic carbocycles. The zero-order valence-electron chi connectivity index (χ0n) is 16.4. The highest BCUT2D eigenvalue weighted by Crippen LogP contribution is 2.25. The van der Waals surface area contributed by atoms with Crippen LogP contribution < -0.4 is 16.2 Å². The van der Waals surface area contributed by atoms with E-state index in [1.807, 2.05) is 6.07 Å². The Morgan fingerprint density at radius 1 is 1.03 bits per heavy atom. The molecule has 0 fully saturated rings. The van der Waals surface area contributed by atoms with Crippen LogP contribution in [0.3, 0.4) is 0 Å². The number of nitrogens with zero attached hydrogens (tertiary/aromatic N) is 1. The van der Waals surface area contributed by atoms with Gasteiger partial charge in [-0.25, -0.2) is 4.98 Å². The molecule has 29 heavy (non-hydrogen) atoms. The molecule has 3 rings (SSSR count). The SMILES string of the molecule is CC(C)(C)C(=O)NCC(=O)NNC(=O)c1cc(-c2ccco2)nc2ccccc12. The summed E-state index contributed by atoms with van der Waals surface area (Å²) in [6.45, 7) is 4.98. The molecule has 0 spiro atoms. The second kappa shape index (κ2) is 8.14. The third-order valence-corrected chi connectivity index (χ3v) is 4.14. The summed E-state index contributed by atoms with van der Waals surface area (Å²) in [5.41, 5.74) is 5.54. The summed E-state index contributed by atoms with van der Waals surface area (Å²) < 4.78 is 5.38. The van der Waals surface area contributed by atoms with E-state index in [0.29, 0.717) is 27.9 Å². The zero-order chi connectivity index (χ0) is 21.0. The van der Waals surface area contributed by atoms with E-state index in [1.165, 1.54) is 6.26 Å². The van der Waals surface area contributed by atoms with Crippen molar-refractivity contribution in [1.29, 1.82) is 0 Å². The molecule has 3 amide bonds. The van der Waals surface area contributed by atoms with E-state index < -0.39 is 17.2 Å². The predicted octanol–water partition coefficient (Wildman–Crippen LogP) is 2.42. The molecular weight excluding hydrogens is 372 g/mol. The topological polar surface area (TPSA) is 113 Å². The van der Waals surface area contributed by atoms with Crippen LogP contribution in [0.25, 0.3) is 22.4 Å². The van der Waals surface area contributed by atoms with E-state index in [1.54, 1.807) is 57.2 Å². The first-order chi connectivity index (χ1) is 13.8. The zero-order valence-corrected chi connectivity index (χ0v) is 16.4. The molecule has 8 heteroatoms. The number of carbonyl (C=O) groups excluding carboxylic acids is 3. The second-order valence-corrected chi connectivity index (χ2v) is 7.48.